The second-order valence-corrected chi connectivity index (χ2v) is 6.29. The first-order valence-electron chi connectivity index (χ1n) is 5.75. The van der Waals surface area contributed by atoms with Gasteiger partial charge in [0.1, 0.15) is 13.2 Å². The Morgan fingerprint density at radius 3 is 2.79 bits per heavy atom. The average molecular weight is 307 g/mol. The van der Waals surface area contributed by atoms with Crippen LogP contribution in [-0.4, -0.2) is 33.9 Å². The highest BCUT2D eigenvalue weighted by Crippen LogP contribution is 2.38. The average Bonchev–Trinajstić information content (AvgIpc) is 2.34. The zero-order chi connectivity index (χ0) is 13.9. The van der Waals surface area contributed by atoms with E-state index in [1.807, 2.05) is 6.07 Å². The minimum absolute atomic E-state index is 0.106. The largest absolute Gasteiger partial charge is 0.486 e. The Bertz CT molecular complexity index is 562. The van der Waals surface area contributed by atoms with Crippen LogP contribution >= 0.6 is 11.6 Å². The highest BCUT2D eigenvalue weighted by atomic mass is 35.5. The summed E-state index contributed by atoms with van der Waals surface area (Å²) in [5.41, 5.74) is 0.892. The van der Waals surface area contributed by atoms with E-state index in [0.29, 0.717) is 36.3 Å². The standard InChI is InChI=1S/C11H15ClN2O4S/c12-9-5-8(7-14-1-4-19(13,15)16)6-10-11(9)18-3-2-17-10/h5-6,14H,1-4,7H2,(H2,13,15,16). The van der Waals surface area contributed by atoms with Gasteiger partial charge in [-0.2, -0.15) is 0 Å². The molecule has 0 amide bonds. The molecule has 19 heavy (non-hydrogen) atoms. The van der Waals surface area contributed by atoms with Gasteiger partial charge in [0.05, 0.1) is 10.8 Å². The summed E-state index contributed by atoms with van der Waals surface area (Å²) in [6.07, 6.45) is 0. The lowest BCUT2D eigenvalue weighted by Gasteiger charge is -2.20. The van der Waals surface area contributed by atoms with Crippen LogP contribution in [0.25, 0.3) is 0 Å². The second-order valence-electron chi connectivity index (χ2n) is 4.15. The number of primary sulfonamides is 1. The van der Waals surface area contributed by atoms with E-state index in [4.69, 9.17) is 26.2 Å². The van der Waals surface area contributed by atoms with Crippen LogP contribution in [0.5, 0.6) is 11.5 Å². The quantitative estimate of drug-likeness (QED) is 0.773. The molecule has 1 aromatic carbocycles. The van der Waals surface area contributed by atoms with Gasteiger partial charge in [-0.15, -0.1) is 0 Å². The summed E-state index contributed by atoms with van der Waals surface area (Å²) in [4.78, 5) is 0. The third-order valence-electron chi connectivity index (χ3n) is 2.55. The number of rotatable bonds is 5. The van der Waals surface area contributed by atoms with Gasteiger partial charge in [0.25, 0.3) is 0 Å². The molecule has 0 radical (unpaired) electrons. The van der Waals surface area contributed by atoms with Crippen molar-refractivity contribution < 1.29 is 17.9 Å². The Labute approximate surface area is 116 Å². The van der Waals surface area contributed by atoms with Gasteiger partial charge < -0.3 is 14.8 Å². The van der Waals surface area contributed by atoms with Gasteiger partial charge >= 0.3 is 0 Å². The summed E-state index contributed by atoms with van der Waals surface area (Å²) in [7, 11) is -3.43. The number of benzene rings is 1. The van der Waals surface area contributed by atoms with Crippen molar-refractivity contribution in [2.24, 2.45) is 5.14 Å². The smallest absolute Gasteiger partial charge is 0.210 e. The van der Waals surface area contributed by atoms with Gasteiger partial charge in [-0.05, 0) is 17.7 Å². The molecule has 6 nitrogen and oxygen atoms in total. The lowest BCUT2D eigenvalue weighted by Crippen LogP contribution is -2.26. The van der Waals surface area contributed by atoms with Gasteiger partial charge in [-0.3, -0.25) is 0 Å². The minimum Gasteiger partial charge on any atom is -0.486 e. The van der Waals surface area contributed by atoms with E-state index >= 15 is 0 Å². The number of hydrogen-bond acceptors (Lipinski definition) is 5. The third-order valence-corrected chi connectivity index (χ3v) is 3.60. The Morgan fingerprint density at radius 1 is 1.32 bits per heavy atom. The molecule has 2 rings (SSSR count). The molecule has 0 unspecified atom stereocenters. The number of nitrogens with two attached hydrogens (primary N) is 1. The van der Waals surface area contributed by atoms with Gasteiger partial charge in [-0.1, -0.05) is 11.6 Å². The highest BCUT2D eigenvalue weighted by Gasteiger charge is 2.16. The predicted molar refractivity (Wildman–Crippen MR) is 72.1 cm³/mol. The van der Waals surface area contributed by atoms with E-state index in [-0.39, 0.29) is 12.3 Å². The predicted octanol–water partition coefficient (Wildman–Crippen LogP) is 0.489. The Kier molecular flexibility index (Phi) is 4.51. The summed E-state index contributed by atoms with van der Waals surface area (Å²) in [5.74, 6) is 1.06. The molecule has 0 saturated carbocycles. The molecule has 1 heterocycles. The molecule has 0 atom stereocenters. The molecule has 1 aliphatic heterocycles. The number of ether oxygens (including phenoxy) is 2. The van der Waals surface area contributed by atoms with Crippen molar-refractivity contribution >= 4 is 21.6 Å². The SMILES string of the molecule is NS(=O)(=O)CCNCc1cc(Cl)c2c(c1)OCCO2. The molecule has 0 bridgehead atoms. The van der Waals surface area contributed by atoms with Crippen LogP contribution in [0, 0.1) is 0 Å². The highest BCUT2D eigenvalue weighted by molar-refractivity contribution is 7.89. The molecule has 8 heteroatoms. The van der Waals surface area contributed by atoms with Crippen molar-refractivity contribution in [3.8, 4) is 11.5 Å². The van der Waals surface area contributed by atoms with E-state index in [2.05, 4.69) is 5.32 Å². The van der Waals surface area contributed by atoms with Crippen LogP contribution in [0.3, 0.4) is 0 Å². The maximum atomic E-state index is 10.8. The van der Waals surface area contributed by atoms with Gasteiger partial charge in [0.15, 0.2) is 11.5 Å². The number of nitrogens with one attached hydrogen (secondary N) is 1. The van der Waals surface area contributed by atoms with E-state index in [1.165, 1.54) is 0 Å². The van der Waals surface area contributed by atoms with Crippen molar-refractivity contribution in [3.05, 3.63) is 22.7 Å². The Hall–Kier alpha value is -1.02. The molecule has 0 aliphatic carbocycles. The molecule has 1 aromatic rings. The number of sulfonamides is 1. The molecular weight excluding hydrogens is 292 g/mol. The lowest BCUT2D eigenvalue weighted by atomic mass is 10.2. The molecule has 0 saturated heterocycles. The van der Waals surface area contributed by atoms with Crippen molar-refractivity contribution in [1.82, 2.24) is 5.32 Å². The zero-order valence-electron chi connectivity index (χ0n) is 10.2. The first-order chi connectivity index (χ1) is 8.96. The first kappa shape index (κ1) is 14.4. The van der Waals surface area contributed by atoms with Gasteiger partial charge in [0, 0.05) is 13.1 Å². The molecule has 1 aliphatic rings. The molecule has 0 fully saturated rings. The van der Waals surface area contributed by atoms with Crippen LogP contribution in [-0.2, 0) is 16.6 Å². The van der Waals surface area contributed by atoms with Gasteiger partial charge in [0.2, 0.25) is 10.0 Å². The second kappa shape index (κ2) is 5.96. The summed E-state index contributed by atoms with van der Waals surface area (Å²) in [6, 6.07) is 3.59. The molecule has 106 valence electrons. The number of fused-ring (bicyclic) bond motifs is 1. The van der Waals surface area contributed by atoms with Crippen LogP contribution in [0.15, 0.2) is 12.1 Å². The molecule has 0 aromatic heterocycles. The summed E-state index contributed by atoms with van der Waals surface area (Å²) < 4.78 is 32.4. The number of halogens is 1. The Balaban J connectivity index is 1.96. The fourth-order valence-electron chi connectivity index (χ4n) is 1.71. The van der Waals surface area contributed by atoms with Gasteiger partial charge in [-0.25, -0.2) is 13.6 Å². The van der Waals surface area contributed by atoms with Crippen molar-refractivity contribution in [2.75, 3.05) is 25.5 Å². The van der Waals surface area contributed by atoms with Crippen LogP contribution in [0.2, 0.25) is 5.02 Å². The normalized spacial score (nSPS) is 14.4. The summed E-state index contributed by atoms with van der Waals surface area (Å²) >= 11 is 6.08. The molecule has 0 spiro atoms. The lowest BCUT2D eigenvalue weighted by molar-refractivity contribution is 0.171. The first-order valence-corrected chi connectivity index (χ1v) is 7.84. The minimum atomic E-state index is -3.43. The fraction of sp³-hybridized carbons (Fsp3) is 0.455. The van der Waals surface area contributed by atoms with Crippen LogP contribution in [0.1, 0.15) is 5.56 Å². The van der Waals surface area contributed by atoms with E-state index in [9.17, 15) is 8.42 Å². The zero-order valence-corrected chi connectivity index (χ0v) is 11.8. The van der Waals surface area contributed by atoms with E-state index in [0.717, 1.165) is 5.56 Å². The topological polar surface area (TPSA) is 90.7 Å². The van der Waals surface area contributed by atoms with E-state index in [1.54, 1.807) is 6.07 Å². The summed E-state index contributed by atoms with van der Waals surface area (Å²) in [6.45, 7) is 1.74. The van der Waals surface area contributed by atoms with Crippen molar-refractivity contribution in [1.29, 1.82) is 0 Å². The monoisotopic (exact) mass is 306 g/mol. The van der Waals surface area contributed by atoms with Crippen molar-refractivity contribution in [2.45, 2.75) is 6.54 Å². The molecule has 3 N–H and O–H groups in total. The molecular formula is C11H15ClN2O4S. The Morgan fingerprint density at radius 2 is 2.05 bits per heavy atom. The van der Waals surface area contributed by atoms with E-state index < -0.39 is 10.0 Å². The maximum Gasteiger partial charge on any atom is 0.210 e. The van der Waals surface area contributed by atoms with Crippen LogP contribution in [0.4, 0.5) is 0 Å². The van der Waals surface area contributed by atoms with Crippen molar-refractivity contribution in [3.63, 3.8) is 0 Å². The summed E-state index contributed by atoms with van der Waals surface area (Å²) in [5, 5.41) is 8.37. The maximum absolute atomic E-state index is 10.8. The van der Waals surface area contributed by atoms with Crippen LogP contribution < -0.4 is 19.9 Å². The third kappa shape index (κ3) is 4.24. The number of hydrogen-bond donors (Lipinski definition) is 2. The fourth-order valence-corrected chi connectivity index (χ4v) is 2.43.